The third-order valence-corrected chi connectivity index (χ3v) is 6.04. The highest BCUT2D eigenvalue weighted by atomic mass is 35.5. The van der Waals surface area contributed by atoms with Crippen molar-refractivity contribution in [3.63, 3.8) is 0 Å². The topological polar surface area (TPSA) is 75.4 Å². The fraction of sp³-hybridized carbons (Fsp3) is 0.200. The quantitative estimate of drug-likeness (QED) is 0.494. The van der Waals surface area contributed by atoms with Crippen LogP contribution < -0.4 is 4.90 Å². The Hall–Kier alpha value is -2.97. The second kappa shape index (κ2) is 7.46. The molecule has 29 heavy (non-hydrogen) atoms. The van der Waals surface area contributed by atoms with Crippen molar-refractivity contribution in [3.05, 3.63) is 58.8 Å². The van der Waals surface area contributed by atoms with Gasteiger partial charge in [-0.05, 0) is 35.7 Å². The second-order valence-electron chi connectivity index (χ2n) is 6.70. The molecule has 9 heteroatoms. The minimum atomic E-state index is -0.128. The number of halogens is 1. The van der Waals surface area contributed by atoms with E-state index in [9.17, 15) is 4.79 Å². The summed E-state index contributed by atoms with van der Waals surface area (Å²) in [5, 5.41) is 7.69. The number of anilines is 1. The van der Waals surface area contributed by atoms with E-state index in [2.05, 4.69) is 20.0 Å². The molecule has 1 fully saturated rings. The Bertz CT molecular complexity index is 1170. The zero-order chi connectivity index (χ0) is 19.8. The Balaban J connectivity index is 1.28. The first-order valence-corrected chi connectivity index (χ1v) is 10.4. The smallest absolute Gasteiger partial charge is 0.276 e. The van der Waals surface area contributed by atoms with Gasteiger partial charge in [-0.3, -0.25) is 4.79 Å². The van der Waals surface area contributed by atoms with Gasteiger partial charge in [-0.25, -0.2) is 9.97 Å². The van der Waals surface area contributed by atoms with Gasteiger partial charge in [0, 0.05) is 42.8 Å². The maximum Gasteiger partial charge on any atom is 0.276 e. The van der Waals surface area contributed by atoms with Crippen LogP contribution in [0.5, 0.6) is 0 Å². The molecule has 0 saturated carbocycles. The van der Waals surface area contributed by atoms with Crippen molar-refractivity contribution in [2.75, 3.05) is 31.1 Å². The lowest BCUT2D eigenvalue weighted by atomic mass is 10.1. The molecule has 4 aromatic rings. The van der Waals surface area contributed by atoms with Crippen LogP contribution in [0.2, 0.25) is 5.02 Å². The molecule has 3 aromatic heterocycles. The van der Waals surface area contributed by atoms with E-state index in [0.29, 0.717) is 42.7 Å². The summed E-state index contributed by atoms with van der Waals surface area (Å²) in [4.78, 5) is 26.6. The van der Waals surface area contributed by atoms with E-state index in [4.69, 9.17) is 16.1 Å². The number of nitrogens with zero attached hydrogens (tertiary/aromatic N) is 5. The molecule has 0 aliphatic carbocycles. The number of piperazine rings is 1. The van der Waals surface area contributed by atoms with Crippen molar-refractivity contribution in [1.29, 1.82) is 0 Å². The molecule has 0 unspecified atom stereocenters. The SMILES string of the molecule is O=C(c1cc(-c2ccc(Cl)cc2)on1)N1CCN(c2ncnc3sccc23)CC1. The molecule has 1 saturated heterocycles. The molecule has 0 bridgehead atoms. The zero-order valence-corrected chi connectivity index (χ0v) is 16.9. The highest BCUT2D eigenvalue weighted by Crippen LogP contribution is 2.28. The fourth-order valence-corrected chi connectivity index (χ4v) is 4.29. The Morgan fingerprint density at radius 2 is 1.86 bits per heavy atom. The van der Waals surface area contributed by atoms with Gasteiger partial charge >= 0.3 is 0 Å². The normalized spacial score (nSPS) is 14.5. The largest absolute Gasteiger partial charge is 0.355 e. The highest BCUT2D eigenvalue weighted by Gasteiger charge is 2.26. The van der Waals surface area contributed by atoms with Gasteiger partial charge in [-0.1, -0.05) is 16.8 Å². The number of benzene rings is 1. The molecule has 1 amide bonds. The van der Waals surface area contributed by atoms with Gasteiger partial charge in [0.05, 0.1) is 5.39 Å². The van der Waals surface area contributed by atoms with E-state index in [0.717, 1.165) is 21.6 Å². The van der Waals surface area contributed by atoms with Gasteiger partial charge in [0.25, 0.3) is 5.91 Å². The summed E-state index contributed by atoms with van der Waals surface area (Å²) in [5.41, 5.74) is 1.14. The lowest BCUT2D eigenvalue weighted by Crippen LogP contribution is -2.49. The van der Waals surface area contributed by atoms with Crippen LogP contribution in [0.3, 0.4) is 0 Å². The molecule has 146 valence electrons. The standard InChI is InChI=1S/C20H16ClN5O2S/c21-14-3-1-13(2-4-14)17-11-16(24-28-17)20(27)26-8-6-25(7-9-26)18-15-5-10-29-19(15)23-12-22-18/h1-5,10-12H,6-9H2. The van der Waals surface area contributed by atoms with Crippen LogP contribution in [0, 0.1) is 0 Å². The van der Waals surface area contributed by atoms with E-state index >= 15 is 0 Å². The predicted octanol–water partition coefficient (Wildman–Crippen LogP) is 3.96. The van der Waals surface area contributed by atoms with Crippen LogP contribution in [0.4, 0.5) is 5.82 Å². The average Bonchev–Trinajstić information content (AvgIpc) is 3.43. The number of hydrogen-bond donors (Lipinski definition) is 0. The predicted molar refractivity (Wildman–Crippen MR) is 112 cm³/mol. The van der Waals surface area contributed by atoms with Crippen LogP contribution in [0.25, 0.3) is 21.5 Å². The number of thiophene rings is 1. The number of aromatic nitrogens is 3. The number of hydrogen-bond acceptors (Lipinski definition) is 7. The van der Waals surface area contributed by atoms with Crippen LogP contribution in [-0.2, 0) is 0 Å². The van der Waals surface area contributed by atoms with Crippen molar-refractivity contribution < 1.29 is 9.32 Å². The van der Waals surface area contributed by atoms with Crippen molar-refractivity contribution in [2.24, 2.45) is 0 Å². The number of amides is 1. The summed E-state index contributed by atoms with van der Waals surface area (Å²) in [7, 11) is 0. The summed E-state index contributed by atoms with van der Waals surface area (Å²) in [5.74, 6) is 1.34. The fourth-order valence-electron chi connectivity index (χ4n) is 3.44. The van der Waals surface area contributed by atoms with Crippen LogP contribution in [0.1, 0.15) is 10.5 Å². The maximum absolute atomic E-state index is 12.9. The molecule has 0 atom stereocenters. The summed E-state index contributed by atoms with van der Waals surface area (Å²) in [6.45, 7) is 2.60. The summed E-state index contributed by atoms with van der Waals surface area (Å²) in [6.07, 6.45) is 1.60. The minimum absolute atomic E-state index is 0.128. The zero-order valence-electron chi connectivity index (χ0n) is 15.3. The molecule has 0 radical (unpaired) electrons. The second-order valence-corrected chi connectivity index (χ2v) is 8.03. The van der Waals surface area contributed by atoms with Gasteiger partial charge in [0.15, 0.2) is 11.5 Å². The minimum Gasteiger partial charge on any atom is -0.355 e. The number of carbonyl (C=O) groups is 1. The van der Waals surface area contributed by atoms with Crippen molar-refractivity contribution in [3.8, 4) is 11.3 Å². The molecule has 4 heterocycles. The summed E-state index contributed by atoms with van der Waals surface area (Å²) >= 11 is 7.52. The number of carbonyl (C=O) groups excluding carboxylic acids is 1. The monoisotopic (exact) mass is 425 g/mol. The van der Waals surface area contributed by atoms with E-state index in [1.54, 1.807) is 40.8 Å². The van der Waals surface area contributed by atoms with Crippen molar-refractivity contribution in [2.45, 2.75) is 0 Å². The molecule has 1 aliphatic rings. The van der Waals surface area contributed by atoms with Crippen LogP contribution in [0.15, 0.2) is 52.6 Å². The van der Waals surface area contributed by atoms with Gasteiger partial charge in [0.2, 0.25) is 0 Å². The molecule has 0 N–H and O–H groups in total. The van der Waals surface area contributed by atoms with E-state index < -0.39 is 0 Å². The first kappa shape index (κ1) is 18.1. The van der Waals surface area contributed by atoms with Gasteiger partial charge in [-0.2, -0.15) is 0 Å². The first-order valence-electron chi connectivity index (χ1n) is 9.14. The van der Waals surface area contributed by atoms with Gasteiger partial charge in [0.1, 0.15) is 17.0 Å². The summed E-state index contributed by atoms with van der Waals surface area (Å²) in [6, 6.07) is 10.9. The summed E-state index contributed by atoms with van der Waals surface area (Å²) < 4.78 is 5.37. The Morgan fingerprint density at radius 1 is 1.07 bits per heavy atom. The number of fused-ring (bicyclic) bond motifs is 1. The molecule has 1 aliphatic heterocycles. The molecule has 1 aromatic carbocycles. The maximum atomic E-state index is 12.9. The average molecular weight is 426 g/mol. The molecular weight excluding hydrogens is 410 g/mol. The highest BCUT2D eigenvalue weighted by molar-refractivity contribution is 7.16. The third kappa shape index (κ3) is 3.45. The first-order chi connectivity index (χ1) is 14.2. The lowest BCUT2D eigenvalue weighted by molar-refractivity contribution is 0.0736. The van der Waals surface area contributed by atoms with E-state index in [1.807, 2.05) is 23.6 Å². The van der Waals surface area contributed by atoms with Crippen molar-refractivity contribution in [1.82, 2.24) is 20.0 Å². The molecular formula is C20H16ClN5O2S. The van der Waals surface area contributed by atoms with Crippen LogP contribution in [-0.4, -0.2) is 52.1 Å². The Morgan fingerprint density at radius 3 is 2.66 bits per heavy atom. The van der Waals surface area contributed by atoms with E-state index in [1.165, 1.54) is 0 Å². The molecule has 5 rings (SSSR count). The Kier molecular flexibility index (Phi) is 4.65. The van der Waals surface area contributed by atoms with Gasteiger partial charge in [-0.15, -0.1) is 11.3 Å². The van der Waals surface area contributed by atoms with Crippen LogP contribution >= 0.6 is 22.9 Å². The van der Waals surface area contributed by atoms with Crippen molar-refractivity contribution >= 4 is 44.9 Å². The molecule has 0 spiro atoms. The van der Waals surface area contributed by atoms with E-state index in [-0.39, 0.29) is 5.91 Å². The molecule has 7 nitrogen and oxygen atoms in total. The number of rotatable bonds is 3. The third-order valence-electron chi connectivity index (χ3n) is 4.97. The lowest BCUT2D eigenvalue weighted by Gasteiger charge is -2.35. The Labute approximate surface area is 175 Å². The van der Waals surface area contributed by atoms with Gasteiger partial charge < -0.3 is 14.3 Å².